The Morgan fingerprint density at radius 1 is 1.18 bits per heavy atom. The number of carbonyl (C=O) groups excluding carboxylic acids is 1. The Balaban J connectivity index is 1.54. The average Bonchev–Trinajstić information content (AvgIpc) is 3.41. The Kier molecular flexibility index (Phi) is 5.10. The number of thiazole rings is 1. The molecule has 0 fully saturated rings. The van der Waals surface area contributed by atoms with Crippen LogP contribution < -0.4 is 10.1 Å². The van der Waals surface area contributed by atoms with Gasteiger partial charge in [0, 0.05) is 16.1 Å². The van der Waals surface area contributed by atoms with Crippen LogP contribution in [0.25, 0.3) is 22.6 Å². The molecule has 0 saturated carbocycles. The zero-order valence-electron chi connectivity index (χ0n) is 14.8. The minimum Gasteiger partial charge on any atom is -0.496 e. The van der Waals surface area contributed by atoms with Crippen LogP contribution in [0.2, 0.25) is 5.02 Å². The van der Waals surface area contributed by atoms with Gasteiger partial charge in [-0.15, -0.1) is 11.3 Å². The summed E-state index contributed by atoms with van der Waals surface area (Å²) in [5.74, 6) is 1.12. The Bertz CT molecular complexity index is 1110. The summed E-state index contributed by atoms with van der Waals surface area (Å²) in [6.07, 6.45) is 1.75. The number of halogens is 1. The molecule has 0 spiro atoms. The lowest BCUT2D eigenvalue weighted by molar-refractivity contribution is 0.102. The van der Waals surface area contributed by atoms with Crippen LogP contribution in [0, 0.1) is 0 Å². The van der Waals surface area contributed by atoms with Gasteiger partial charge in [-0.25, -0.2) is 9.97 Å². The molecule has 2 heterocycles. The van der Waals surface area contributed by atoms with Crippen LogP contribution in [0.1, 0.15) is 10.5 Å². The van der Waals surface area contributed by atoms with Crippen molar-refractivity contribution in [2.45, 2.75) is 0 Å². The van der Waals surface area contributed by atoms with Gasteiger partial charge in [0.25, 0.3) is 5.91 Å². The first-order chi connectivity index (χ1) is 13.6. The number of hydrogen-bond donors (Lipinski definition) is 2. The lowest BCUT2D eigenvalue weighted by Crippen LogP contribution is -2.11. The zero-order valence-corrected chi connectivity index (χ0v) is 16.3. The maximum absolute atomic E-state index is 12.1. The van der Waals surface area contributed by atoms with Crippen molar-refractivity contribution >= 4 is 34.5 Å². The van der Waals surface area contributed by atoms with E-state index in [-0.39, 0.29) is 5.91 Å². The fourth-order valence-electron chi connectivity index (χ4n) is 2.72. The van der Waals surface area contributed by atoms with Crippen molar-refractivity contribution in [3.05, 3.63) is 70.3 Å². The molecular formula is C20H15ClN4O2S. The summed E-state index contributed by atoms with van der Waals surface area (Å²) in [4.78, 5) is 23.8. The number of rotatable bonds is 5. The number of H-pyrrole nitrogens is 1. The first-order valence-corrected chi connectivity index (χ1v) is 9.65. The van der Waals surface area contributed by atoms with Crippen LogP contribution in [0.4, 0.5) is 5.69 Å². The summed E-state index contributed by atoms with van der Waals surface area (Å²) in [5.41, 5.74) is 5.29. The van der Waals surface area contributed by atoms with Gasteiger partial charge in [0.15, 0.2) is 0 Å². The highest BCUT2D eigenvalue weighted by Gasteiger charge is 2.12. The fourth-order valence-corrected chi connectivity index (χ4v) is 3.43. The van der Waals surface area contributed by atoms with E-state index in [9.17, 15) is 4.79 Å². The third kappa shape index (κ3) is 3.76. The van der Waals surface area contributed by atoms with Crippen molar-refractivity contribution < 1.29 is 9.53 Å². The van der Waals surface area contributed by atoms with Crippen molar-refractivity contribution in [2.24, 2.45) is 0 Å². The minimum absolute atomic E-state index is 0.231. The van der Waals surface area contributed by atoms with E-state index < -0.39 is 0 Å². The van der Waals surface area contributed by atoms with Crippen LogP contribution in [0.15, 0.2) is 59.6 Å². The van der Waals surface area contributed by atoms with Crippen LogP contribution in [0.5, 0.6) is 5.75 Å². The van der Waals surface area contributed by atoms with Crippen molar-refractivity contribution in [1.29, 1.82) is 0 Å². The molecule has 4 aromatic rings. The van der Waals surface area contributed by atoms with E-state index in [1.54, 1.807) is 42.4 Å². The van der Waals surface area contributed by atoms with Crippen molar-refractivity contribution in [3.63, 3.8) is 0 Å². The van der Waals surface area contributed by atoms with Crippen molar-refractivity contribution in [1.82, 2.24) is 15.0 Å². The van der Waals surface area contributed by atoms with E-state index in [2.05, 4.69) is 20.3 Å². The number of benzene rings is 2. The molecular weight excluding hydrogens is 396 g/mol. The second kappa shape index (κ2) is 7.84. The van der Waals surface area contributed by atoms with Crippen LogP contribution in [0.3, 0.4) is 0 Å². The molecule has 2 aromatic heterocycles. The third-order valence-electron chi connectivity index (χ3n) is 4.11. The van der Waals surface area contributed by atoms with Gasteiger partial charge in [-0.1, -0.05) is 23.7 Å². The number of aromatic amines is 1. The van der Waals surface area contributed by atoms with Gasteiger partial charge >= 0.3 is 0 Å². The maximum Gasteiger partial charge on any atom is 0.275 e. The SMILES string of the molecule is COc1ccc(Cl)cc1-c1ncc(-c2ccc(NC(=O)c3cscn3)cc2)[nH]1. The molecule has 0 atom stereocenters. The van der Waals surface area contributed by atoms with Gasteiger partial charge < -0.3 is 15.0 Å². The summed E-state index contributed by atoms with van der Waals surface area (Å²) in [7, 11) is 1.61. The molecule has 2 N–H and O–H groups in total. The number of hydrogen-bond acceptors (Lipinski definition) is 5. The highest BCUT2D eigenvalue weighted by molar-refractivity contribution is 7.07. The number of nitrogens with one attached hydrogen (secondary N) is 2. The summed E-state index contributed by atoms with van der Waals surface area (Å²) in [6, 6.07) is 12.9. The third-order valence-corrected chi connectivity index (χ3v) is 4.93. The van der Waals surface area contributed by atoms with Gasteiger partial charge in [0.05, 0.1) is 30.1 Å². The van der Waals surface area contributed by atoms with E-state index in [4.69, 9.17) is 16.3 Å². The molecule has 2 aromatic carbocycles. The molecule has 1 amide bonds. The minimum atomic E-state index is -0.231. The molecule has 140 valence electrons. The second-order valence-electron chi connectivity index (χ2n) is 5.90. The number of anilines is 1. The normalized spacial score (nSPS) is 10.6. The van der Waals surface area contributed by atoms with Gasteiger partial charge in [-0.3, -0.25) is 4.79 Å². The van der Waals surface area contributed by atoms with Gasteiger partial charge in [-0.05, 0) is 35.9 Å². The van der Waals surface area contributed by atoms with Gasteiger partial charge in [-0.2, -0.15) is 0 Å². The predicted molar refractivity (Wildman–Crippen MR) is 111 cm³/mol. The second-order valence-corrected chi connectivity index (χ2v) is 7.05. The Hall–Kier alpha value is -3.16. The van der Waals surface area contributed by atoms with E-state index in [1.165, 1.54) is 11.3 Å². The maximum atomic E-state index is 12.1. The molecule has 0 saturated heterocycles. The molecule has 0 aliphatic rings. The van der Waals surface area contributed by atoms with E-state index >= 15 is 0 Å². The summed E-state index contributed by atoms with van der Waals surface area (Å²) >= 11 is 7.49. The molecule has 0 radical (unpaired) electrons. The molecule has 0 bridgehead atoms. The first-order valence-electron chi connectivity index (χ1n) is 8.33. The Labute approximate surface area is 170 Å². The predicted octanol–water partition coefficient (Wildman–Crippen LogP) is 5.11. The van der Waals surface area contributed by atoms with Crippen molar-refractivity contribution in [2.75, 3.05) is 12.4 Å². The molecule has 0 aliphatic carbocycles. The Morgan fingerprint density at radius 2 is 2.00 bits per heavy atom. The summed E-state index contributed by atoms with van der Waals surface area (Å²) < 4.78 is 5.39. The van der Waals surface area contributed by atoms with Crippen LogP contribution in [-0.2, 0) is 0 Å². The summed E-state index contributed by atoms with van der Waals surface area (Å²) in [6.45, 7) is 0. The highest BCUT2D eigenvalue weighted by Crippen LogP contribution is 2.32. The average molecular weight is 411 g/mol. The molecule has 0 unspecified atom stereocenters. The van der Waals surface area contributed by atoms with Gasteiger partial charge in [0.1, 0.15) is 17.3 Å². The largest absolute Gasteiger partial charge is 0.496 e. The smallest absolute Gasteiger partial charge is 0.275 e. The van der Waals surface area contributed by atoms with Crippen LogP contribution >= 0.6 is 22.9 Å². The van der Waals surface area contributed by atoms with E-state index in [0.29, 0.717) is 28.0 Å². The van der Waals surface area contributed by atoms with Crippen LogP contribution in [-0.4, -0.2) is 28.0 Å². The highest BCUT2D eigenvalue weighted by atomic mass is 35.5. The molecule has 0 aliphatic heterocycles. The number of imidazole rings is 1. The number of methoxy groups -OCH3 is 1. The number of carbonyl (C=O) groups is 1. The molecule has 28 heavy (non-hydrogen) atoms. The number of aromatic nitrogens is 3. The number of amides is 1. The monoisotopic (exact) mass is 410 g/mol. The molecule has 6 nitrogen and oxygen atoms in total. The zero-order chi connectivity index (χ0) is 19.5. The standard InChI is InChI=1S/C20H15ClN4O2S/c1-27-18-7-4-13(21)8-15(18)19-22-9-16(25-19)12-2-5-14(6-3-12)24-20(26)17-10-28-11-23-17/h2-11H,1H3,(H,22,25)(H,24,26). The van der Waals surface area contributed by atoms with E-state index in [0.717, 1.165) is 16.8 Å². The van der Waals surface area contributed by atoms with E-state index in [1.807, 2.05) is 24.3 Å². The lowest BCUT2D eigenvalue weighted by Gasteiger charge is -2.06. The van der Waals surface area contributed by atoms with Crippen molar-refractivity contribution in [3.8, 4) is 28.4 Å². The molecule has 4 rings (SSSR count). The van der Waals surface area contributed by atoms with Gasteiger partial charge in [0.2, 0.25) is 0 Å². The topological polar surface area (TPSA) is 79.9 Å². The number of nitrogens with zero attached hydrogens (tertiary/aromatic N) is 2. The first kappa shape index (κ1) is 18.2. The fraction of sp³-hybridized carbons (Fsp3) is 0.0500. The quantitative estimate of drug-likeness (QED) is 0.478. The summed E-state index contributed by atoms with van der Waals surface area (Å²) in [5, 5.41) is 5.14. The Morgan fingerprint density at radius 3 is 2.71 bits per heavy atom. The molecule has 8 heteroatoms. The number of ether oxygens (including phenoxy) is 1. The lowest BCUT2D eigenvalue weighted by atomic mass is 10.1.